The monoisotopic (exact) mass is 359 g/mol. The second-order valence-corrected chi connectivity index (χ2v) is 8.39. The van der Waals surface area contributed by atoms with Gasteiger partial charge in [-0.25, -0.2) is 13.1 Å². The number of aromatic nitrogens is 4. The zero-order valence-electron chi connectivity index (χ0n) is 13.7. The summed E-state index contributed by atoms with van der Waals surface area (Å²) in [5.41, 5.74) is 0. The van der Waals surface area contributed by atoms with Crippen molar-refractivity contribution in [1.29, 1.82) is 0 Å². The lowest BCUT2D eigenvalue weighted by Gasteiger charge is -2.29. The van der Waals surface area contributed by atoms with Crippen LogP contribution in [0.3, 0.4) is 0 Å². The molecule has 11 heteroatoms. The van der Waals surface area contributed by atoms with Gasteiger partial charge >= 0.3 is 5.97 Å². The van der Waals surface area contributed by atoms with Crippen LogP contribution in [0.1, 0.15) is 20.3 Å². The molecule has 0 aliphatic carbocycles. The molecule has 0 N–H and O–H groups in total. The number of amides is 1. The van der Waals surface area contributed by atoms with Gasteiger partial charge in [0.05, 0.1) is 11.5 Å². The fourth-order valence-corrected chi connectivity index (χ4v) is 4.26. The van der Waals surface area contributed by atoms with Gasteiger partial charge < -0.3 is 9.64 Å². The first-order chi connectivity index (χ1) is 11.3. The average molecular weight is 359 g/mol. The molecule has 134 valence electrons. The van der Waals surface area contributed by atoms with Crippen LogP contribution in [0.15, 0.2) is 6.33 Å². The van der Waals surface area contributed by atoms with Crippen LogP contribution in [0.2, 0.25) is 0 Å². The fraction of sp³-hybridized carbons (Fsp3) is 0.769. The Morgan fingerprint density at radius 1 is 1.42 bits per heavy atom. The van der Waals surface area contributed by atoms with E-state index in [2.05, 4.69) is 15.5 Å². The van der Waals surface area contributed by atoms with Crippen molar-refractivity contribution in [2.75, 3.05) is 24.7 Å². The van der Waals surface area contributed by atoms with E-state index < -0.39 is 28.3 Å². The molecule has 0 saturated carbocycles. The van der Waals surface area contributed by atoms with Crippen molar-refractivity contribution in [2.45, 2.75) is 32.9 Å². The number of ether oxygens (including phenoxy) is 1. The Hall–Kier alpha value is -2.04. The zero-order chi connectivity index (χ0) is 17.7. The molecule has 0 aromatic carbocycles. The Morgan fingerprint density at radius 3 is 2.71 bits per heavy atom. The average Bonchev–Trinajstić information content (AvgIpc) is 3.11. The summed E-state index contributed by atoms with van der Waals surface area (Å²) in [7, 11) is -3.10. The van der Waals surface area contributed by atoms with E-state index in [1.54, 1.807) is 0 Å². The summed E-state index contributed by atoms with van der Waals surface area (Å²) in [5.74, 6) is -0.813. The van der Waals surface area contributed by atoms with Crippen molar-refractivity contribution in [3.8, 4) is 0 Å². The molecule has 0 spiro atoms. The normalized spacial score (nSPS) is 19.4. The Balaban J connectivity index is 1.91. The second kappa shape index (κ2) is 7.69. The summed E-state index contributed by atoms with van der Waals surface area (Å²) >= 11 is 0. The molecule has 1 aromatic rings. The molecule has 0 radical (unpaired) electrons. The molecule has 2 rings (SSSR count). The van der Waals surface area contributed by atoms with Crippen molar-refractivity contribution in [2.24, 2.45) is 5.92 Å². The van der Waals surface area contributed by atoms with Crippen LogP contribution >= 0.6 is 0 Å². The van der Waals surface area contributed by atoms with Crippen LogP contribution in [0.5, 0.6) is 0 Å². The Kier molecular flexibility index (Phi) is 5.86. The number of esters is 1. The van der Waals surface area contributed by atoms with Crippen LogP contribution in [0, 0.1) is 5.92 Å². The predicted octanol–water partition coefficient (Wildman–Crippen LogP) is -1.11. The van der Waals surface area contributed by atoms with Crippen LogP contribution < -0.4 is 0 Å². The number of hydrogen-bond acceptors (Lipinski definition) is 8. The lowest BCUT2D eigenvalue weighted by atomic mass is 10.1. The summed E-state index contributed by atoms with van der Waals surface area (Å²) in [6.07, 6.45) is 1.68. The van der Waals surface area contributed by atoms with Crippen molar-refractivity contribution in [3.63, 3.8) is 0 Å². The van der Waals surface area contributed by atoms with E-state index in [1.807, 2.05) is 13.8 Å². The molecular formula is C13H21N5O5S. The smallest absolute Gasteiger partial charge is 0.328 e. The number of tetrazole rings is 1. The predicted molar refractivity (Wildman–Crippen MR) is 82.4 cm³/mol. The first-order valence-corrected chi connectivity index (χ1v) is 9.45. The summed E-state index contributed by atoms with van der Waals surface area (Å²) in [6.45, 7) is 3.68. The van der Waals surface area contributed by atoms with Crippen molar-refractivity contribution in [3.05, 3.63) is 6.33 Å². The summed E-state index contributed by atoms with van der Waals surface area (Å²) < 4.78 is 29.4. The highest BCUT2D eigenvalue weighted by Gasteiger charge is 2.35. The minimum Gasteiger partial charge on any atom is -0.454 e. The maximum atomic E-state index is 12.4. The third kappa shape index (κ3) is 5.25. The van der Waals surface area contributed by atoms with Gasteiger partial charge in [-0.15, -0.1) is 5.10 Å². The number of hydrogen-bond donors (Lipinski definition) is 0. The van der Waals surface area contributed by atoms with Gasteiger partial charge in [-0.05, 0) is 22.8 Å². The van der Waals surface area contributed by atoms with Gasteiger partial charge in [-0.3, -0.25) is 9.59 Å². The Bertz CT molecular complexity index is 673. The quantitative estimate of drug-likeness (QED) is 0.561. The molecular weight excluding hydrogens is 338 g/mol. The molecule has 1 atom stereocenters. The van der Waals surface area contributed by atoms with Crippen molar-refractivity contribution in [1.82, 2.24) is 25.1 Å². The SMILES string of the molecule is CC(C)CN(C(=O)COC(=O)Cn1cnnn1)C1CCS(=O)(=O)C1. The van der Waals surface area contributed by atoms with Crippen LogP contribution in [0.25, 0.3) is 0 Å². The number of rotatable bonds is 7. The van der Waals surface area contributed by atoms with Crippen molar-refractivity contribution < 1.29 is 22.7 Å². The van der Waals surface area contributed by atoms with Crippen LogP contribution in [-0.2, 0) is 30.7 Å². The van der Waals surface area contributed by atoms with Crippen LogP contribution in [-0.4, -0.2) is 76.1 Å². The highest BCUT2D eigenvalue weighted by atomic mass is 32.2. The standard InChI is InChI=1S/C13H21N5O5S/c1-10(2)5-18(11-3-4-24(21,22)8-11)12(19)7-23-13(20)6-17-9-14-15-16-17/h9-11H,3-8H2,1-2H3. The molecule has 24 heavy (non-hydrogen) atoms. The molecule has 1 aliphatic rings. The summed E-state index contributed by atoms with van der Waals surface area (Å²) in [6, 6.07) is -0.358. The minimum absolute atomic E-state index is 0.0377. The van der Waals surface area contributed by atoms with Crippen molar-refractivity contribution >= 4 is 21.7 Å². The maximum Gasteiger partial charge on any atom is 0.328 e. The fourth-order valence-electron chi connectivity index (χ4n) is 2.52. The second-order valence-electron chi connectivity index (χ2n) is 6.16. The van der Waals surface area contributed by atoms with Gasteiger partial charge in [0.15, 0.2) is 16.4 Å². The van der Waals surface area contributed by atoms with Gasteiger partial charge in [-0.1, -0.05) is 13.8 Å². The highest BCUT2D eigenvalue weighted by Crippen LogP contribution is 2.19. The Labute approximate surface area is 140 Å². The maximum absolute atomic E-state index is 12.4. The Morgan fingerprint density at radius 2 is 2.17 bits per heavy atom. The number of sulfone groups is 1. The third-order valence-corrected chi connectivity index (χ3v) is 5.32. The zero-order valence-corrected chi connectivity index (χ0v) is 14.5. The molecule has 1 unspecified atom stereocenters. The van der Waals surface area contributed by atoms with Gasteiger partial charge in [0, 0.05) is 12.6 Å². The molecule has 1 fully saturated rings. The summed E-state index contributed by atoms with van der Waals surface area (Å²) in [5, 5.41) is 10.3. The molecule has 0 bridgehead atoms. The lowest BCUT2D eigenvalue weighted by Crippen LogP contribution is -2.45. The van der Waals surface area contributed by atoms with Crippen LogP contribution in [0.4, 0.5) is 0 Å². The first-order valence-electron chi connectivity index (χ1n) is 7.63. The molecule has 2 heterocycles. The van der Waals surface area contributed by atoms with E-state index in [0.717, 1.165) is 0 Å². The number of nitrogens with zero attached hydrogens (tertiary/aromatic N) is 5. The molecule has 1 amide bonds. The van der Waals surface area contributed by atoms with Gasteiger partial charge in [-0.2, -0.15) is 0 Å². The topological polar surface area (TPSA) is 124 Å². The minimum atomic E-state index is -3.10. The molecule has 1 aromatic heterocycles. The highest BCUT2D eigenvalue weighted by molar-refractivity contribution is 7.91. The van der Waals surface area contributed by atoms with Gasteiger partial charge in [0.1, 0.15) is 12.9 Å². The van der Waals surface area contributed by atoms with E-state index in [0.29, 0.717) is 13.0 Å². The molecule has 10 nitrogen and oxygen atoms in total. The van der Waals surface area contributed by atoms with E-state index >= 15 is 0 Å². The third-order valence-electron chi connectivity index (χ3n) is 3.57. The number of carbonyl (C=O) groups excluding carboxylic acids is 2. The van der Waals surface area contributed by atoms with E-state index in [1.165, 1.54) is 15.9 Å². The van der Waals surface area contributed by atoms with Gasteiger partial charge in [0.2, 0.25) is 0 Å². The molecule has 1 aliphatic heterocycles. The molecule has 1 saturated heterocycles. The number of carbonyl (C=O) groups is 2. The van der Waals surface area contributed by atoms with E-state index in [-0.39, 0.29) is 30.0 Å². The lowest BCUT2D eigenvalue weighted by molar-refractivity contribution is -0.153. The summed E-state index contributed by atoms with van der Waals surface area (Å²) in [4.78, 5) is 25.6. The van der Waals surface area contributed by atoms with Gasteiger partial charge in [0.25, 0.3) is 5.91 Å². The van der Waals surface area contributed by atoms with E-state index in [9.17, 15) is 18.0 Å². The largest absolute Gasteiger partial charge is 0.454 e. The first kappa shape index (κ1) is 18.3. The van der Waals surface area contributed by atoms with E-state index in [4.69, 9.17) is 4.74 Å².